The Balaban J connectivity index is 1.34. The third kappa shape index (κ3) is 4.38. The molecule has 2 aliphatic rings. The molecule has 0 spiro atoms. The number of nitrogens with one attached hydrogen (secondary N) is 1. The fourth-order valence-corrected chi connectivity index (χ4v) is 4.40. The molecule has 0 aromatic carbocycles. The van der Waals surface area contributed by atoms with Gasteiger partial charge in [0.2, 0.25) is 11.8 Å². The topological polar surface area (TPSA) is 86.5 Å². The number of alkyl halides is 3. The zero-order valence-corrected chi connectivity index (χ0v) is 18.4. The van der Waals surface area contributed by atoms with E-state index in [1.807, 2.05) is 22.7 Å². The van der Waals surface area contributed by atoms with Crippen LogP contribution in [0.4, 0.5) is 19.1 Å². The van der Waals surface area contributed by atoms with Crippen molar-refractivity contribution in [3.8, 4) is 5.88 Å². The van der Waals surface area contributed by atoms with Gasteiger partial charge < -0.3 is 14.8 Å². The first-order chi connectivity index (χ1) is 15.4. The van der Waals surface area contributed by atoms with E-state index in [0.29, 0.717) is 0 Å². The summed E-state index contributed by atoms with van der Waals surface area (Å²) in [6.45, 7) is 0.494. The molecule has 0 amide bonds. The van der Waals surface area contributed by atoms with Crippen molar-refractivity contribution < 1.29 is 22.6 Å². The maximum absolute atomic E-state index is 13.3. The molecule has 170 valence electrons. The second-order valence-electron chi connectivity index (χ2n) is 8.03. The second-order valence-corrected chi connectivity index (χ2v) is 8.94. The van der Waals surface area contributed by atoms with Crippen LogP contribution in [0.1, 0.15) is 43.0 Å². The molecule has 1 saturated heterocycles. The van der Waals surface area contributed by atoms with Crippen LogP contribution in [0.3, 0.4) is 0 Å². The van der Waals surface area contributed by atoms with Crippen molar-refractivity contribution in [2.45, 2.75) is 49.9 Å². The molecule has 12 heteroatoms. The monoisotopic (exact) mass is 512 g/mol. The van der Waals surface area contributed by atoms with E-state index in [4.69, 9.17) is 9.47 Å². The Hall–Kier alpha value is -2.47. The predicted molar refractivity (Wildman–Crippen MR) is 112 cm³/mol. The van der Waals surface area contributed by atoms with Crippen molar-refractivity contribution in [3.63, 3.8) is 0 Å². The number of anilines is 1. The van der Waals surface area contributed by atoms with E-state index in [0.717, 1.165) is 47.8 Å². The highest BCUT2D eigenvalue weighted by Crippen LogP contribution is 2.37. The standard InChI is InChI=1S/C20H20BrF3N6O2/c21-12-4-5-16-28-29-17(30(16)8-12)11-2-1-3-13(6-11)26-19-25-7-15(20(22,23)24)18(27-19)32-14-9-31-10-14/h4-5,7-8,11,13-14H,1-3,6,9-10H2,(H,25,26,27)/t11-,13+/m0/s1. The molecule has 3 aromatic rings. The average molecular weight is 513 g/mol. The lowest BCUT2D eigenvalue weighted by Gasteiger charge is -2.29. The highest BCUT2D eigenvalue weighted by Gasteiger charge is 2.38. The minimum atomic E-state index is -4.60. The molecule has 1 N–H and O–H groups in total. The summed E-state index contributed by atoms with van der Waals surface area (Å²) in [4.78, 5) is 7.95. The number of nitrogens with zero attached hydrogens (tertiary/aromatic N) is 5. The van der Waals surface area contributed by atoms with Crippen LogP contribution in [0.2, 0.25) is 0 Å². The molecule has 32 heavy (non-hydrogen) atoms. The van der Waals surface area contributed by atoms with Gasteiger partial charge in [0.05, 0.1) is 13.2 Å². The van der Waals surface area contributed by atoms with Gasteiger partial charge in [0, 0.05) is 28.8 Å². The molecule has 1 saturated carbocycles. The Bertz CT molecular complexity index is 1120. The molecule has 1 aliphatic heterocycles. The highest BCUT2D eigenvalue weighted by molar-refractivity contribution is 9.10. The molecule has 0 bridgehead atoms. The Morgan fingerprint density at radius 3 is 2.78 bits per heavy atom. The molecule has 8 nitrogen and oxygen atoms in total. The van der Waals surface area contributed by atoms with Gasteiger partial charge in [-0.3, -0.25) is 4.40 Å². The summed E-state index contributed by atoms with van der Waals surface area (Å²) in [7, 11) is 0. The summed E-state index contributed by atoms with van der Waals surface area (Å²) in [5.74, 6) is 0.676. The number of halogens is 4. The van der Waals surface area contributed by atoms with Gasteiger partial charge in [0.1, 0.15) is 17.5 Å². The largest absolute Gasteiger partial charge is 0.469 e. The molecule has 4 heterocycles. The smallest absolute Gasteiger partial charge is 0.423 e. The maximum Gasteiger partial charge on any atom is 0.423 e. The van der Waals surface area contributed by atoms with Crippen LogP contribution in [0.15, 0.2) is 29.0 Å². The fourth-order valence-electron chi connectivity index (χ4n) is 4.06. The van der Waals surface area contributed by atoms with Crippen molar-refractivity contribution in [2.75, 3.05) is 18.5 Å². The number of rotatable bonds is 5. The Morgan fingerprint density at radius 2 is 2.03 bits per heavy atom. The van der Waals surface area contributed by atoms with Crippen LogP contribution in [0.25, 0.3) is 5.65 Å². The zero-order valence-electron chi connectivity index (χ0n) is 16.8. The SMILES string of the molecule is FC(F)(F)c1cnc(N[C@@H]2CCC[C@H](c3nnc4ccc(Br)cn34)C2)nc1OC1COC1. The van der Waals surface area contributed by atoms with E-state index >= 15 is 0 Å². The second kappa shape index (κ2) is 8.47. The van der Waals surface area contributed by atoms with Gasteiger partial charge in [0.25, 0.3) is 0 Å². The molecule has 0 unspecified atom stereocenters. The van der Waals surface area contributed by atoms with Crippen molar-refractivity contribution >= 4 is 27.5 Å². The normalized spacial score (nSPS) is 22.0. The summed E-state index contributed by atoms with van der Waals surface area (Å²) in [5.41, 5.74) is -0.219. The number of fused-ring (bicyclic) bond motifs is 1. The van der Waals surface area contributed by atoms with E-state index < -0.39 is 23.7 Å². The predicted octanol–water partition coefficient (Wildman–Crippen LogP) is 4.22. The molecule has 3 aromatic heterocycles. The van der Waals surface area contributed by atoms with Gasteiger partial charge in [-0.2, -0.15) is 18.2 Å². The van der Waals surface area contributed by atoms with Gasteiger partial charge in [-0.15, -0.1) is 10.2 Å². The van der Waals surface area contributed by atoms with Gasteiger partial charge in [-0.25, -0.2) is 4.98 Å². The lowest BCUT2D eigenvalue weighted by atomic mass is 9.85. The van der Waals surface area contributed by atoms with E-state index in [1.54, 1.807) is 0 Å². The van der Waals surface area contributed by atoms with E-state index in [-0.39, 0.29) is 31.1 Å². The average Bonchev–Trinajstić information content (AvgIpc) is 3.13. The van der Waals surface area contributed by atoms with Gasteiger partial charge in [0.15, 0.2) is 5.65 Å². The molecule has 2 atom stereocenters. The van der Waals surface area contributed by atoms with E-state index in [1.165, 1.54) is 0 Å². The van der Waals surface area contributed by atoms with Crippen LogP contribution < -0.4 is 10.1 Å². The number of hydrogen-bond donors (Lipinski definition) is 1. The first-order valence-corrected chi connectivity index (χ1v) is 11.1. The van der Waals surface area contributed by atoms with Crippen LogP contribution in [0.5, 0.6) is 5.88 Å². The number of ether oxygens (including phenoxy) is 2. The molecule has 5 rings (SSSR count). The summed E-state index contributed by atoms with van der Waals surface area (Å²) < 4.78 is 53.3. The van der Waals surface area contributed by atoms with Crippen LogP contribution in [0, 0.1) is 0 Å². The summed E-state index contributed by atoms with van der Waals surface area (Å²) in [6, 6.07) is 3.80. The van der Waals surface area contributed by atoms with Crippen molar-refractivity contribution in [3.05, 3.63) is 40.4 Å². The maximum atomic E-state index is 13.3. The number of aromatic nitrogens is 5. The van der Waals surface area contributed by atoms with Crippen LogP contribution in [-0.2, 0) is 10.9 Å². The first-order valence-electron chi connectivity index (χ1n) is 10.3. The van der Waals surface area contributed by atoms with E-state index in [2.05, 4.69) is 41.4 Å². The molecule has 0 radical (unpaired) electrons. The van der Waals surface area contributed by atoms with E-state index in [9.17, 15) is 13.2 Å². The molecular weight excluding hydrogens is 493 g/mol. The Labute approximate surface area is 189 Å². The number of pyridine rings is 1. The quantitative estimate of drug-likeness (QED) is 0.547. The summed E-state index contributed by atoms with van der Waals surface area (Å²) in [6.07, 6.45) is 1.17. The Morgan fingerprint density at radius 1 is 1.19 bits per heavy atom. The molecule has 1 aliphatic carbocycles. The van der Waals surface area contributed by atoms with Crippen molar-refractivity contribution in [2.24, 2.45) is 0 Å². The third-order valence-corrected chi connectivity index (χ3v) is 6.18. The summed E-state index contributed by atoms with van der Waals surface area (Å²) >= 11 is 3.48. The lowest BCUT2D eigenvalue weighted by Crippen LogP contribution is -2.39. The zero-order chi connectivity index (χ0) is 22.3. The fraction of sp³-hybridized carbons (Fsp3) is 0.500. The van der Waals surface area contributed by atoms with Gasteiger partial charge in [-0.1, -0.05) is 6.42 Å². The van der Waals surface area contributed by atoms with Crippen LogP contribution >= 0.6 is 15.9 Å². The highest BCUT2D eigenvalue weighted by atomic mass is 79.9. The van der Waals surface area contributed by atoms with Crippen molar-refractivity contribution in [1.82, 2.24) is 24.6 Å². The van der Waals surface area contributed by atoms with Crippen LogP contribution in [-0.4, -0.2) is 49.9 Å². The van der Waals surface area contributed by atoms with Gasteiger partial charge >= 0.3 is 6.18 Å². The van der Waals surface area contributed by atoms with Gasteiger partial charge in [-0.05, 0) is 47.3 Å². The lowest BCUT2D eigenvalue weighted by molar-refractivity contribution is -0.142. The third-order valence-electron chi connectivity index (χ3n) is 5.71. The van der Waals surface area contributed by atoms with Crippen molar-refractivity contribution in [1.29, 1.82) is 0 Å². The first kappa shape index (κ1) is 21.4. The minimum Gasteiger partial charge on any atom is -0.469 e. The number of hydrogen-bond acceptors (Lipinski definition) is 7. The summed E-state index contributed by atoms with van der Waals surface area (Å²) in [5, 5.41) is 11.8. The molecular formula is C20H20BrF3N6O2. The minimum absolute atomic E-state index is 0.00937. The Kier molecular flexibility index (Phi) is 5.66. The molecule has 2 fully saturated rings.